The van der Waals surface area contributed by atoms with Gasteiger partial charge in [0.2, 0.25) is 0 Å². The van der Waals surface area contributed by atoms with Gasteiger partial charge in [0.15, 0.2) is 0 Å². The molecule has 1 aromatic heterocycles. The van der Waals surface area contributed by atoms with Crippen LogP contribution in [0.15, 0.2) is 14.4 Å². The van der Waals surface area contributed by atoms with E-state index in [4.69, 9.17) is 5.11 Å². The smallest absolute Gasteiger partial charge is 0.336 e. The summed E-state index contributed by atoms with van der Waals surface area (Å²) in [7, 11) is 0. The number of nitrogens with zero attached hydrogens (tertiary/aromatic N) is 3. The van der Waals surface area contributed by atoms with Gasteiger partial charge < -0.3 is 5.11 Å². The Labute approximate surface area is 104 Å². The summed E-state index contributed by atoms with van der Waals surface area (Å²) in [6.07, 6.45) is 0.616. The summed E-state index contributed by atoms with van der Waals surface area (Å²) in [6, 6.07) is -0.335. The Hall–Kier alpha value is -1.63. The molecule has 1 N–H and O–H groups in total. The van der Waals surface area contributed by atoms with Crippen LogP contribution in [0.4, 0.5) is 0 Å². The zero-order valence-corrected chi connectivity index (χ0v) is 10.9. The van der Waals surface area contributed by atoms with Crippen LogP contribution in [0.1, 0.15) is 33.2 Å². The van der Waals surface area contributed by atoms with Gasteiger partial charge in [-0.1, -0.05) is 6.92 Å². The Bertz CT molecular complexity index is 535. The monoisotopic (exact) mass is 257 g/mol. The van der Waals surface area contributed by atoms with Crippen LogP contribution >= 0.6 is 0 Å². The molecular formula is C11H19N3O4. The van der Waals surface area contributed by atoms with E-state index in [1.54, 1.807) is 13.8 Å². The van der Waals surface area contributed by atoms with E-state index < -0.39 is 17.1 Å². The van der Waals surface area contributed by atoms with E-state index in [1.807, 2.05) is 6.92 Å². The first-order chi connectivity index (χ1) is 8.45. The van der Waals surface area contributed by atoms with E-state index >= 15 is 0 Å². The highest BCUT2D eigenvalue weighted by Crippen LogP contribution is 1.93. The molecule has 102 valence electrons. The van der Waals surface area contributed by atoms with Crippen molar-refractivity contribution in [3.63, 3.8) is 0 Å². The number of hydrogen-bond donors (Lipinski definition) is 1. The van der Waals surface area contributed by atoms with Gasteiger partial charge in [-0.15, -0.1) is 0 Å². The van der Waals surface area contributed by atoms with Crippen molar-refractivity contribution in [3.05, 3.63) is 31.5 Å². The summed E-state index contributed by atoms with van der Waals surface area (Å²) in [4.78, 5) is 36.0. The van der Waals surface area contributed by atoms with Crippen LogP contribution < -0.4 is 17.1 Å². The minimum atomic E-state index is -0.665. The van der Waals surface area contributed by atoms with Crippen LogP contribution in [0.5, 0.6) is 0 Å². The highest BCUT2D eigenvalue weighted by molar-refractivity contribution is 4.81. The Morgan fingerprint density at radius 1 is 1.00 bits per heavy atom. The molecule has 0 fully saturated rings. The largest absolute Gasteiger partial charge is 0.395 e. The van der Waals surface area contributed by atoms with Gasteiger partial charge in [-0.05, 0) is 20.3 Å². The van der Waals surface area contributed by atoms with Gasteiger partial charge in [0.1, 0.15) is 0 Å². The van der Waals surface area contributed by atoms with Gasteiger partial charge >= 0.3 is 17.1 Å². The third kappa shape index (κ3) is 2.45. The number of aromatic nitrogens is 3. The molecule has 0 saturated heterocycles. The van der Waals surface area contributed by atoms with Crippen LogP contribution in [0, 0.1) is 0 Å². The maximum absolute atomic E-state index is 12.0. The molecule has 18 heavy (non-hydrogen) atoms. The highest BCUT2D eigenvalue weighted by atomic mass is 16.3. The van der Waals surface area contributed by atoms with E-state index in [0.717, 1.165) is 13.7 Å². The molecule has 1 heterocycles. The lowest BCUT2D eigenvalue weighted by Gasteiger charge is -2.14. The molecule has 0 bridgehead atoms. The molecule has 0 aliphatic carbocycles. The quantitative estimate of drug-likeness (QED) is 0.745. The van der Waals surface area contributed by atoms with Crippen molar-refractivity contribution in [2.75, 3.05) is 6.61 Å². The van der Waals surface area contributed by atoms with Crippen LogP contribution in [0.25, 0.3) is 0 Å². The van der Waals surface area contributed by atoms with Crippen LogP contribution in [0.3, 0.4) is 0 Å². The predicted octanol–water partition coefficient (Wildman–Crippen LogP) is -0.845. The summed E-state index contributed by atoms with van der Waals surface area (Å²) >= 11 is 0. The molecule has 7 heteroatoms. The average molecular weight is 257 g/mol. The second-order valence-corrected chi connectivity index (χ2v) is 4.34. The van der Waals surface area contributed by atoms with E-state index in [-0.39, 0.29) is 25.7 Å². The van der Waals surface area contributed by atoms with Gasteiger partial charge in [-0.2, -0.15) is 0 Å². The van der Waals surface area contributed by atoms with Gasteiger partial charge in [0.25, 0.3) is 0 Å². The average Bonchev–Trinajstić information content (AvgIpc) is 2.30. The predicted molar refractivity (Wildman–Crippen MR) is 67.0 cm³/mol. The lowest BCUT2D eigenvalue weighted by atomic mass is 10.4. The van der Waals surface area contributed by atoms with Gasteiger partial charge in [0.05, 0.1) is 13.2 Å². The molecule has 0 aromatic carbocycles. The van der Waals surface area contributed by atoms with E-state index in [0.29, 0.717) is 6.42 Å². The first-order valence-electron chi connectivity index (χ1n) is 6.02. The highest BCUT2D eigenvalue weighted by Gasteiger charge is 2.16. The molecule has 0 unspecified atom stereocenters. The Balaban J connectivity index is 3.71. The lowest BCUT2D eigenvalue weighted by Crippen LogP contribution is -2.55. The number of rotatable bonds is 5. The van der Waals surface area contributed by atoms with Gasteiger partial charge in [-0.25, -0.2) is 28.1 Å². The molecule has 1 aromatic rings. The van der Waals surface area contributed by atoms with Crippen molar-refractivity contribution in [2.45, 2.75) is 46.3 Å². The second kappa shape index (κ2) is 5.81. The molecule has 0 spiro atoms. The third-order valence-electron chi connectivity index (χ3n) is 2.62. The fourth-order valence-corrected chi connectivity index (χ4v) is 1.80. The Morgan fingerprint density at radius 2 is 1.50 bits per heavy atom. The van der Waals surface area contributed by atoms with Crippen molar-refractivity contribution in [1.29, 1.82) is 0 Å². The van der Waals surface area contributed by atoms with Crippen LogP contribution in [-0.2, 0) is 13.1 Å². The third-order valence-corrected chi connectivity index (χ3v) is 2.62. The maximum atomic E-state index is 12.0. The molecule has 0 aliphatic rings. The first-order valence-corrected chi connectivity index (χ1v) is 6.02. The SMILES string of the molecule is CCCn1c(=O)n(CCO)c(=O)n(C(C)C)c1=O. The molecule has 0 amide bonds. The molecule has 0 aliphatic heterocycles. The van der Waals surface area contributed by atoms with Crippen molar-refractivity contribution in [2.24, 2.45) is 0 Å². The summed E-state index contributed by atoms with van der Waals surface area (Å²) in [5.74, 6) is 0. The van der Waals surface area contributed by atoms with E-state index in [2.05, 4.69) is 0 Å². The summed E-state index contributed by atoms with van der Waals surface area (Å²) < 4.78 is 2.97. The summed E-state index contributed by atoms with van der Waals surface area (Å²) in [6.45, 7) is 5.08. The molecular weight excluding hydrogens is 238 g/mol. The van der Waals surface area contributed by atoms with E-state index in [9.17, 15) is 14.4 Å². The first kappa shape index (κ1) is 14.4. The fourth-order valence-electron chi connectivity index (χ4n) is 1.80. The van der Waals surface area contributed by atoms with Crippen molar-refractivity contribution >= 4 is 0 Å². The minimum Gasteiger partial charge on any atom is -0.395 e. The van der Waals surface area contributed by atoms with E-state index in [1.165, 1.54) is 0 Å². The van der Waals surface area contributed by atoms with Crippen molar-refractivity contribution in [1.82, 2.24) is 13.7 Å². The fraction of sp³-hybridized carbons (Fsp3) is 0.727. The second-order valence-electron chi connectivity index (χ2n) is 4.34. The lowest BCUT2D eigenvalue weighted by molar-refractivity contribution is 0.263. The maximum Gasteiger partial charge on any atom is 0.336 e. The van der Waals surface area contributed by atoms with Gasteiger partial charge in [-0.3, -0.25) is 0 Å². The van der Waals surface area contributed by atoms with Crippen LogP contribution in [0.2, 0.25) is 0 Å². The van der Waals surface area contributed by atoms with Crippen molar-refractivity contribution in [3.8, 4) is 0 Å². The molecule has 1 rings (SSSR count). The molecule has 7 nitrogen and oxygen atoms in total. The Kier molecular flexibility index (Phi) is 4.66. The van der Waals surface area contributed by atoms with Crippen molar-refractivity contribution < 1.29 is 5.11 Å². The normalized spacial score (nSPS) is 11.2. The van der Waals surface area contributed by atoms with Crippen LogP contribution in [-0.4, -0.2) is 25.4 Å². The Morgan fingerprint density at radius 3 is 1.89 bits per heavy atom. The molecule has 0 atom stereocenters. The minimum absolute atomic E-state index is 0.103. The molecule has 0 saturated carbocycles. The zero-order valence-electron chi connectivity index (χ0n) is 10.9. The number of hydrogen-bond acceptors (Lipinski definition) is 4. The number of aliphatic hydroxyl groups is 1. The summed E-state index contributed by atoms with van der Waals surface area (Å²) in [5, 5.41) is 8.89. The molecule has 0 radical (unpaired) electrons. The van der Waals surface area contributed by atoms with Gasteiger partial charge in [0, 0.05) is 12.6 Å². The topological polar surface area (TPSA) is 86.2 Å². The zero-order chi connectivity index (χ0) is 13.9. The standard InChI is InChI=1S/C11H19N3O4/c1-4-5-12-9(16)13(6-7-15)11(18)14(8(2)3)10(12)17/h8,15H,4-7H2,1-3H3. The number of aliphatic hydroxyl groups excluding tert-OH is 1. The summed E-state index contributed by atoms with van der Waals surface area (Å²) in [5.41, 5.74) is -1.91.